The van der Waals surface area contributed by atoms with Crippen LogP contribution in [0.25, 0.3) is 10.9 Å². The summed E-state index contributed by atoms with van der Waals surface area (Å²) in [6, 6.07) is 6.37. The van der Waals surface area contributed by atoms with E-state index in [1.54, 1.807) is 0 Å². The van der Waals surface area contributed by atoms with Crippen molar-refractivity contribution in [3.63, 3.8) is 0 Å². The van der Waals surface area contributed by atoms with Crippen molar-refractivity contribution >= 4 is 16.9 Å². The Balaban J connectivity index is 2.35. The summed E-state index contributed by atoms with van der Waals surface area (Å²) in [6.45, 7) is 2.15. The Morgan fingerprint density at radius 3 is 2.95 bits per heavy atom. The quantitative estimate of drug-likeness (QED) is 0.897. The molecule has 0 saturated carbocycles. The van der Waals surface area contributed by atoms with Crippen LogP contribution in [0.15, 0.2) is 18.2 Å². The van der Waals surface area contributed by atoms with E-state index in [1.165, 1.54) is 22.0 Å². The first-order valence-electron chi connectivity index (χ1n) is 6.97. The number of aryl methyl sites for hydroxylation is 3. The largest absolute Gasteiger partial charge is 0.481 e. The zero-order valence-electron chi connectivity index (χ0n) is 11.4. The normalized spacial score (nSPS) is 18.5. The van der Waals surface area contributed by atoms with Crippen LogP contribution in [-0.4, -0.2) is 15.6 Å². The van der Waals surface area contributed by atoms with Gasteiger partial charge >= 0.3 is 5.97 Å². The zero-order chi connectivity index (χ0) is 13.6. The van der Waals surface area contributed by atoms with Gasteiger partial charge in [-0.05, 0) is 36.8 Å². The number of benzene rings is 1. The lowest BCUT2D eigenvalue weighted by Crippen LogP contribution is -2.20. The number of rotatable bonds is 2. The van der Waals surface area contributed by atoms with E-state index in [0.717, 1.165) is 31.4 Å². The van der Waals surface area contributed by atoms with Crippen LogP contribution in [0.1, 0.15) is 42.5 Å². The molecule has 0 aliphatic heterocycles. The van der Waals surface area contributed by atoms with E-state index in [-0.39, 0.29) is 5.92 Å². The number of nitrogens with zero attached hydrogens (tertiary/aromatic N) is 1. The Morgan fingerprint density at radius 1 is 1.47 bits per heavy atom. The highest BCUT2D eigenvalue weighted by Crippen LogP contribution is 2.39. The second kappa shape index (κ2) is 4.41. The van der Waals surface area contributed by atoms with Gasteiger partial charge < -0.3 is 9.67 Å². The maximum Gasteiger partial charge on any atom is 0.312 e. The third-order valence-electron chi connectivity index (χ3n) is 4.38. The van der Waals surface area contributed by atoms with Crippen molar-refractivity contribution < 1.29 is 9.90 Å². The van der Waals surface area contributed by atoms with Crippen LogP contribution in [-0.2, 0) is 24.7 Å². The Hall–Kier alpha value is -1.77. The minimum atomic E-state index is -0.690. The van der Waals surface area contributed by atoms with Crippen molar-refractivity contribution in [3.05, 3.63) is 35.0 Å². The average Bonchev–Trinajstić information content (AvgIpc) is 2.72. The predicted molar refractivity (Wildman–Crippen MR) is 75.6 cm³/mol. The lowest BCUT2D eigenvalue weighted by molar-refractivity contribution is -0.139. The van der Waals surface area contributed by atoms with Gasteiger partial charge in [0.05, 0.1) is 11.4 Å². The Kier molecular flexibility index (Phi) is 2.85. The standard InChI is InChI=1S/C16H19NO2/c1-3-10-6-4-7-11-12-8-5-9-13(16(18)19)15(12)17(2)14(10)11/h4,6-7,13H,3,5,8-9H2,1-2H3,(H,18,19). The molecule has 1 aliphatic carbocycles. The van der Waals surface area contributed by atoms with Gasteiger partial charge in [-0.1, -0.05) is 25.1 Å². The molecule has 1 N–H and O–H groups in total. The molecule has 1 aliphatic rings. The highest BCUT2D eigenvalue weighted by Gasteiger charge is 2.31. The van der Waals surface area contributed by atoms with Gasteiger partial charge in [-0.15, -0.1) is 0 Å². The van der Waals surface area contributed by atoms with Crippen LogP contribution in [0.3, 0.4) is 0 Å². The van der Waals surface area contributed by atoms with Crippen molar-refractivity contribution in [3.8, 4) is 0 Å². The summed E-state index contributed by atoms with van der Waals surface area (Å²) >= 11 is 0. The predicted octanol–water partition coefficient (Wildman–Crippen LogP) is 3.25. The number of para-hydroxylation sites is 1. The molecule has 1 atom stereocenters. The molecule has 0 spiro atoms. The van der Waals surface area contributed by atoms with E-state index in [9.17, 15) is 9.90 Å². The molecule has 1 unspecified atom stereocenters. The summed E-state index contributed by atoms with van der Waals surface area (Å²) in [5.41, 5.74) is 4.81. The number of aromatic nitrogens is 1. The SMILES string of the molecule is CCc1cccc2c3c(n(C)c12)C(C(=O)O)CCC3. The Labute approximate surface area is 112 Å². The molecule has 2 aromatic rings. The van der Waals surface area contributed by atoms with E-state index in [0.29, 0.717) is 0 Å². The molecule has 3 heteroatoms. The van der Waals surface area contributed by atoms with Gasteiger partial charge in [0, 0.05) is 18.1 Å². The molecule has 0 bridgehead atoms. The lowest BCUT2D eigenvalue weighted by atomic mass is 9.86. The van der Waals surface area contributed by atoms with E-state index in [1.807, 2.05) is 7.05 Å². The second-order valence-electron chi connectivity index (χ2n) is 5.37. The molecule has 19 heavy (non-hydrogen) atoms. The monoisotopic (exact) mass is 257 g/mol. The molecule has 1 aromatic heterocycles. The van der Waals surface area contributed by atoms with Gasteiger partial charge in [0.2, 0.25) is 0 Å². The number of carboxylic acid groups (broad SMARTS) is 1. The molecule has 0 fully saturated rings. The molecular weight excluding hydrogens is 238 g/mol. The summed E-state index contributed by atoms with van der Waals surface area (Å²) in [6.07, 6.45) is 3.71. The van der Waals surface area contributed by atoms with Gasteiger partial charge in [-0.25, -0.2) is 0 Å². The number of fused-ring (bicyclic) bond motifs is 3. The van der Waals surface area contributed by atoms with Crippen LogP contribution in [0.5, 0.6) is 0 Å². The van der Waals surface area contributed by atoms with Crippen molar-refractivity contribution in [2.24, 2.45) is 7.05 Å². The van der Waals surface area contributed by atoms with Gasteiger partial charge in [-0.3, -0.25) is 4.79 Å². The Bertz CT molecular complexity index is 654. The van der Waals surface area contributed by atoms with Crippen LogP contribution in [0.2, 0.25) is 0 Å². The van der Waals surface area contributed by atoms with Gasteiger partial charge in [-0.2, -0.15) is 0 Å². The molecule has 1 heterocycles. The van der Waals surface area contributed by atoms with Crippen LogP contribution in [0, 0.1) is 0 Å². The fraction of sp³-hybridized carbons (Fsp3) is 0.438. The van der Waals surface area contributed by atoms with Gasteiger partial charge in [0.25, 0.3) is 0 Å². The average molecular weight is 257 g/mol. The molecule has 3 nitrogen and oxygen atoms in total. The van der Waals surface area contributed by atoms with E-state index in [2.05, 4.69) is 29.7 Å². The van der Waals surface area contributed by atoms with Gasteiger partial charge in [0.1, 0.15) is 0 Å². The highest BCUT2D eigenvalue weighted by molar-refractivity contribution is 5.91. The number of carboxylic acids is 1. The van der Waals surface area contributed by atoms with Crippen LogP contribution in [0.4, 0.5) is 0 Å². The minimum absolute atomic E-state index is 0.342. The zero-order valence-corrected chi connectivity index (χ0v) is 11.4. The Morgan fingerprint density at radius 2 is 2.26 bits per heavy atom. The van der Waals surface area contributed by atoms with Gasteiger partial charge in [0.15, 0.2) is 0 Å². The fourth-order valence-electron chi connectivity index (χ4n) is 3.54. The van der Waals surface area contributed by atoms with Crippen LogP contribution < -0.4 is 0 Å². The van der Waals surface area contributed by atoms with Crippen molar-refractivity contribution in [1.29, 1.82) is 0 Å². The van der Waals surface area contributed by atoms with E-state index >= 15 is 0 Å². The number of carbonyl (C=O) groups is 1. The summed E-state index contributed by atoms with van der Waals surface area (Å²) in [4.78, 5) is 11.5. The lowest BCUT2D eigenvalue weighted by Gasteiger charge is -2.21. The molecule has 1 aromatic carbocycles. The molecular formula is C16H19NO2. The second-order valence-corrected chi connectivity index (χ2v) is 5.37. The summed E-state index contributed by atoms with van der Waals surface area (Å²) < 4.78 is 2.13. The van der Waals surface area contributed by atoms with Crippen molar-refractivity contribution in [1.82, 2.24) is 4.57 Å². The highest BCUT2D eigenvalue weighted by atomic mass is 16.4. The summed E-state index contributed by atoms with van der Waals surface area (Å²) in [7, 11) is 2.02. The smallest absolute Gasteiger partial charge is 0.312 e. The third kappa shape index (κ3) is 1.68. The number of hydrogen-bond acceptors (Lipinski definition) is 1. The summed E-state index contributed by atoms with van der Waals surface area (Å²) in [5, 5.41) is 10.7. The molecule has 0 radical (unpaired) electrons. The summed E-state index contributed by atoms with van der Waals surface area (Å²) in [5.74, 6) is -1.03. The molecule has 100 valence electrons. The first kappa shape index (κ1) is 12.3. The first-order chi connectivity index (χ1) is 9.15. The first-order valence-corrected chi connectivity index (χ1v) is 6.97. The topological polar surface area (TPSA) is 42.2 Å². The fourth-order valence-corrected chi connectivity index (χ4v) is 3.54. The van der Waals surface area contributed by atoms with Crippen LogP contribution >= 0.6 is 0 Å². The van der Waals surface area contributed by atoms with E-state index < -0.39 is 5.97 Å². The minimum Gasteiger partial charge on any atom is -0.481 e. The maximum atomic E-state index is 11.5. The maximum absolute atomic E-state index is 11.5. The van der Waals surface area contributed by atoms with Crippen molar-refractivity contribution in [2.45, 2.75) is 38.5 Å². The number of hydrogen-bond donors (Lipinski definition) is 1. The molecule has 3 rings (SSSR count). The third-order valence-corrected chi connectivity index (χ3v) is 4.38. The van der Waals surface area contributed by atoms with Crippen molar-refractivity contribution in [2.75, 3.05) is 0 Å². The number of aliphatic carboxylic acids is 1. The molecule has 0 amide bonds. The van der Waals surface area contributed by atoms with E-state index in [4.69, 9.17) is 0 Å². The molecule has 0 saturated heterocycles.